The topological polar surface area (TPSA) is 69.4 Å². The molecule has 0 amide bonds. The van der Waals surface area contributed by atoms with Crippen LogP contribution in [-0.2, 0) is 14.6 Å². The van der Waals surface area contributed by atoms with Gasteiger partial charge in [0.05, 0.1) is 10.6 Å². The van der Waals surface area contributed by atoms with Gasteiger partial charge in [-0.05, 0) is 18.2 Å². The molecular formula is C9H9ClF3NO3S. The summed E-state index contributed by atoms with van der Waals surface area (Å²) in [5.74, 6) is -1.10. The van der Waals surface area contributed by atoms with Crippen LogP contribution >= 0.6 is 11.6 Å². The van der Waals surface area contributed by atoms with E-state index >= 15 is 0 Å². The summed E-state index contributed by atoms with van der Waals surface area (Å²) in [6, 6.07) is 3.58. The predicted molar refractivity (Wildman–Crippen MR) is 59.9 cm³/mol. The number of benzene rings is 1. The van der Waals surface area contributed by atoms with Gasteiger partial charge in [-0.1, -0.05) is 11.6 Å². The molecule has 0 saturated heterocycles. The van der Waals surface area contributed by atoms with Crippen molar-refractivity contribution < 1.29 is 26.3 Å². The molecule has 0 aromatic heterocycles. The smallest absolute Gasteiger partial charge is 0.398 e. The van der Waals surface area contributed by atoms with Gasteiger partial charge >= 0.3 is 6.18 Å². The fourth-order valence-electron chi connectivity index (χ4n) is 1.13. The summed E-state index contributed by atoms with van der Waals surface area (Å²) in [6.45, 7) is -1.64. The third-order valence-corrected chi connectivity index (χ3v) is 3.57. The van der Waals surface area contributed by atoms with Crippen molar-refractivity contribution in [3.05, 3.63) is 23.2 Å². The molecule has 0 aliphatic rings. The lowest BCUT2D eigenvalue weighted by molar-refractivity contribution is -0.169. The summed E-state index contributed by atoms with van der Waals surface area (Å²) >= 11 is 5.58. The first-order valence-corrected chi connectivity index (χ1v) is 6.57. The molecule has 0 saturated carbocycles. The summed E-state index contributed by atoms with van der Waals surface area (Å²) < 4.78 is 62.8. The molecule has 0 spiro atoms. The van der Waals surface area contributed by atoms with E-state index in [2.05, 4.69) is 4.74 Å². The number of alkyl halides is 3. The fraction of sp³-hybridized carbons (Fsp3) is 0.333. The average molecular weight is 304 g/mol. The van der Waals surface area contributed by atoms with Crippen LogP contribution in [0.3, 0.4) is 0 Å². The maximum atomic E-state index is 11.8. The van der Waals surface area contributed by atoms with Crippen LogP contribution in [0.25, 0.3) is 0 Å². The molecule has 4 nitrogen and oxygen atoms in total. The summed E-state index contributed by atoms with van der Waals surface area (Å²) in [5.41, 5.74) is 5.28. The number of hydrogen-bond acceptors (Lipinski definition) is 4. The molecule has 1 aromatic rings. The lowest BCUT2D eigenvalue weighted by Gasteiger charge is -2.10. The van der Waals surface area contributed by atoms with Crippen molar-refractivity contribution >= 4 is 27.1 Å². The first kappa shape index (κ1) is 15.1. The Morgan fingerprint density at radius 3 is 2.44 bits per heavy atom. The first-order chi connectivity index (χ1) is 8.12. The zero-order chi connectivity index (χ0) is 14.0. The Balaban J connectivity index is 2.81. The minimum Gasteiger partial charge on any atom is -0.398 e. The molecule has 0 fully saturated rings. The Labute approximate surface area is 106 Å². The third kappa shape index (κ3) is 4.35. The van der Waals surface area contributed by atoms with E-state index in [0.29, 0.717) is 0 Å². The van der Waals surface area contributed by atoms with E-state index in [1.54, 1.807) is 0 Å². The van der Waals surface area contributed by atoms with Crippen molar-refractivity contribution in [1.82, 2.24) is 0 Å². The first-order valence-electron chi connectivity index (χ1n) is 4.54. The highest BCUT2D eigenvalue weighted by Gasteiger charge is 2.29. The summed E-state index contributed by atoms with van der Waals surface area (Å²) in [5, 5.41) is 0.225. The number of ether oxygens (including phenoxy) is 1. The molecule has 0 heterocycles. The molecule has 0 aliphatic heterocycles. The lowest BCUT2D eigenvalue weighted by Crippen LogP contribution is -2.21. The molecule has 2 N–H and O–H groups in total. The van der Waals surface area contributed by atoms with E-state index in [0.717, 1.165) is 6.07 Å². The standard InChI is InChI=1S/C9H9ClF3NO3S/c10-6-1-2-8(7(14)3-6)18(15,16)5-17-4-9(11,12)13/h1-3H,4-5,14H2. The molecule has 0 bridgehead atoms. The van der Waals surface area contributed by atoms with Crippen LogP contribution in [0.2, 0.25) is 5.02 Å². The van der Waals surface area contributed by atoms with Crippen molar-refractivity contribution in [3.63, 3.8) is 0 Å². The van der Waals surface area contributed by atoms with Crippen LogP contribution in [0, 0.1) is 0 Å². The van der Waals surface area contributed by atoms with E-state index < -0.39 is 28.6 Å². The van der Waals surface area contributed by atoms with Gasteiger partial charge in [-0.15, -0.1) is 0 Å². The Morgan fingerprint density at radius 1 is 1.33 bits per heavy atom. The van der Waals surface area contributed by atoms with Crippen LogP contribution in [-0.4, -0.2) is 27.1 Å². The zero-order valence-electron chi connectivity index (χ0n) is 8.87. The van der Waals surface area contributed by atoms with Crippen LogP contribution in [0.15, 0.2) is 23.1 Å². The molecule has 0 aliphatic carbocycles. The van der Waals surface area contributed by atoms with E-state index in [1.165, 1.54) is 12.1 Å². The summed E-state index contributed by atoms with van der Waals surface area (Å²) in [6.07, 6.45) is -4.58. The normalized spacial score (nSPS) is 12.7. The van der Waals surface area contributed by atoms with E-state index in [1.807, 2.05) is 0 Å². The fourth-order valence-corrected chi connectivity index (χ4v) is 2.44. The second-order valence-electron chi connectivity index (χ2n) is 3.38. The van der Waals surface area contributed by atoms with Gasteiger partial charge in [0.25, 0.3) is 0 Å². The van der Waals surface area contributed by atoms with Crippen molar-refractivity contribution in [3.8, 4) is 0 Å². The minimum absolute atomic E-state index is 0.141. The highest BCUT2D eigenvalue weighted by Crippen LogP contribution is 2.24. The maximum Gasteiger partial charge on any atom is 0.411 e. The Hall–Kier alpha value is -0.990. The SMILES string of the molecule is Nc1cc(Cl)ccc1S(=O)(=O)COCC(F)(F)F. The molecule has 18 heavy (non-hydrogen) atoms. The van der Waals surface area contributed by atoms with Crippen LogP contribution in [0.1, 0.15) is 0 Å². The maximum absolute atomic E-state index is 11.8. The van der Waals surface area contributed by atoms with Gasteiger partial charge in [-0.2, -0.15) is 13.2 Å². The van der Waals surface area contributed by atoms with Gasteiger partial charge in [0.1, 0.15) is 6.61 Å². The number of anilines is 1. The number of hydrogen-bond donors (Lipinski definition) is 1. The monoisotopic (exact) mass is 303 g/mol. The Morgan fingerprint density at radius 2 is 1.94 bits per heavy atom. The van der Waals surface area contributed by atoms with Gasteiger partial charge in [-0.25, -0.2) is 8.42 Å². The average Bonchev–Trinajstić information content (AvgIpc) is 2.13. The van der Waals surface area contributed by atoms with Crippen molar-refractivity contribution in [2.24, 2.45) is 0 Å². The van der Waals surface area contributed by atoms with Crippen LogP contribution in [0.4, 0.5) is 18.9 Å². The van der Waals surface area contributed by atoms with E-state index in [9.17, 15) is 21.6 Å². The summed E-state index contributed by atoms with van der Waals surface area (Å²) in [7, 11) is -4.04. The Kier molecular flexibility index (Phi) is 4.46. The third-order valence-electron chi connectivity index (χ3n) is 1.81. The Bertz CT molecular complexity index is 530. The van der Waals surface area contributed by atoms with E-state index in [4.69, 9.17) is 17.3 Å². The van der Waals surface area contributed by atoms with Crippen molar-refractivity contribution in [2.75, 3.05) is 18.3 Å². The predicted octanol–water partition coefficient (Wildman–Crippen LogP) is 2.23. The second kappa shape index (κ2) is 5.33. The molecule has 0 radical (unpaired) electrons. The minimum atomic E-state index is -4.58. The van der Waals surface area contributed by atoms with Crippen LogP contribution in [0.5, 0.6) is 0 Å². The number of nitrogens with two attached hydrogens (primary N) is 1. The number of rotatable bonds is 4. The van der Waals surface area contributed by atoms with Gasteiger partial charge in [0.2, 0.25) is 9.84 Å². The van der Waals surface area contributed by atoms with Crippen molar-refractivity contribution in [1.29, 1.82) is 0 Å². The molecule has 1 aromatic carbocycles. The number of nitrogen functional groups attached to an aromatic ring is 1. The van der Waals surface area contributed by atoms with Gasteiger partial charge in [0.15, 0.2) is 5.94 Å². The number of sulfone groups is 1. The summed E-state index contributed by atoms with van der Waals surface area (Å²) in [4.78, 5) is -0.311. The molecule has 102 valence electrons. The van der Waals surface area contributed by atoms with Crippen molar-refractivity contribution in [2.45, 2.75) is 11.1 Å². The molecule has 1 rings (SSSR count). The zero-order valence-corrected chi connectivity index (χ0v) is 10.4. The quantitative estimate of drug-likeness (QED) is 0.866. The van der Waals surface area contributed by atoms with Gasteiger partial charge < -0.3 is 10.5 Å². The second-order valence-corrected chi connectivity index (χ2v) is 5.72. The highest BCUT2D eigenvalue weighted by molar-refractivity contribution is 7.91. The lowest BCUT2D eigenvalue weighted by atomic mass is 10.3. The largest absolute Gasteiger partial charge is 0.411 e. The van der Waals surface area contributed by atoms with Gasteiger partial charge in [-0.3, -0.25) is 0 Å². The highest BCUT2D eigenvalue weighted by atomic mass is 35.5. The van der Waals surface area contributed by atoms with Gasteiger partial charge in [0, 0.05) is 5.02 Å². The van der Waals surface area contributed by atoms with Crippen LogP contribution < -0.4 is 5.73 Å². The molecule has 9 heteroatoms. The molecule has 0 atom stereocenters. The number of halogens is 4. The molecular weight excluding hydrogens is 295 g/mol. The molecule has 0 unspecified atom stereocenters. The van der Waals surface area contributed by atoms with E-state index in [-0.39, 0.29) is 15.6 Å².